The van der Waals surface area contributed by atoms with E-state index in [1.165, 1.54) is 12.1 Å². The molecule has 0 unspecified atom stereocenters. The van der Waals surface area contributed by atoms with Gasteiger partial charge in [0.2, 0.25) is 5.91 Å². The van der Waals surface area contributed by atoms with Gasteiger partial charge in [0, 0.05) is 37.7 Å². The lowest BCUT2D eigenvalue weighted by atomic mass is 10.1. The summed E-state index contributed by atoms with van der Waals surface area (Å²) in [5.74, 6) is -0.735. The SMILES string of the molecule is O=C(CN1CCN(C(=O)c2ccc(F)cc2Cl)CC1)NCCc1ccc(Cl)cc1. The summed E-state index contributed by atoms with van der Waals surface area (Å²) in [5, 5.41) is 3.72. The third-order valence-corrected chi connectivity index (χ3v) is 5.40. The van der Waals surface area contributed by atoms with E-state index in [-0.39, 0.29) is 16.8 Å². The van der Waals surface area contributed by atoms with Crippen molar-refractivity contribution in [2.24, 2.45) is 0 Å². The van der Waals surface area contributed by atoms with E-state index in [4.69, 9.17) is 23.2 Å². The molecule has 29 heavy (non-hydrogen) atoms. The summed E-state index contributed by atoms with van der Waals surface area (Å²) in [6.45, 7) is 3.02. The molecule has 0 atom stereocenters. The van der Waals surface area contributed by atoms with E-state index in [1.54, 1.807) is 4.90 Å². The summed E-state index contributed by atoms with van der Waals surface area (Å²) in [6.07, 6.45) is 0.740. The highest BCUT2D eigenvalue weighted by atomic mass is 35.5. The Morgan fingerprint density at radius 2 is 1.69 bits per heavy atom. The van der Waals surface area contributed by atoms with Gasteiger partial charge < -0.3 is 10.2 Å². The Morgan fingerprint density at radius 3 is 2.34 bits per heavy atom. The summed E-state index contributed by atoms with van der Waals surface area (Å²) in [6, 6.07) is 11.3. The Morgan fingerprint density at radius 1 is 1.00 bits per heavy atom. The van der Waals surface area contributed by atoms with Crippen molar-refractivity contribution >= 4 is 35.0 Å². The zero-order valence-electron chi connectivity index (χ0n) is 15.8. The standard InChI is InChI=1S/C21H22Cl2FN3O2/c22-16-3-1-15(2-4-16)7-8-25-20(28)14-26-9-11-27(12-10-26)21(29)18-6-5-17(24)13-19(18)23/h1-6,13H,7-12,14H2,(H,25,28). The average Bonchev–Trinajstić information content (AvgIpc) is 2.70. The van der Waals surface area contributed by atoms with Crippen LogP contribution in [0.15, 0.2) is 42.5 Å². The molecular weight excluding hydrogens is 416 g/mol. The number of carbonyl (C=O) groups excluding carboxylic acids is 2. The fourth-order valence-electron chi connectivity index (χ4n) is 3.20. The molecule has 1 aliphatic heterocycles. The second-order valence-corrected chi connectivity index (χ2v) is 7.76. The molecule has 2 aromatic rings. The Bertz CT molecular complexity index is 869. The van der Waals surface area contributed by atoms with Crippen molar-refractivity contribution in [2.75, 3.05) is 39.3 Å². The molecule has 2 amide bonds. The van der Waals surface area contributed by atoms with Crippen molar-refractivity contribution in [3.05, 3.63) is 69.5 Å². The average molecular weight is 438 g/mol. The fourth-order valence-corrected chi connectivity index (χ4v) is 3.57. The highest BCUT2D eigenvalue weighted by molar-refractivity contribution is 6.33. The molecule has 0 aromatic heterocycles. The van der Waals surface area contributed by atoms with Gasteiger partial charge >= 0.3 is 0 Å². The monoisotopic (exact) mass is 437 g/mol. The molecule has 1 fully saturated rings. The van der Waals surface area contributed by atoms with Crippen molar-refractivity contribution in [3.63, 3.8) is 0 Å². The molecule has 0 spiro atoms. The van der Waals surface area contributed by atoms with Gasteiger partial charge in [0.15, 0.2) is 0 Å². The largest absolute Gasteiger partial charge is 0.355 e. The molecule has 2 aromatic carbocycles. The lowest BCUT2D eigenvalue weighted by Crippen LogP contribution is -2.51. The third-order valence-electron chi connectivity index (χ3n) is 4.84. The predicted octanol–water partition coefficient (Wildman–Crippen LogP) is 3.25. The molecule has 8 heteroatoms. The lowest BCUT2D eigenvalue weighted by molar-refractivity contribution is -0.122. The normalized spacial score (nSPS) is 14.7. The molecule has 154 valence electrons. The van der Waals surface area contributed by atoms with Gasteiger partial charge in [-0.3, -0.25) is 14.5 Å². The summed E-state index contributed by atoms with van der Waals surface area (Å²) in [7, 11) is 0. The first-order valence-corrected chi connectivity index (χ1v) is 10.2. The van der Waals surface area contributed by atoms with Crippen LogP contribution in [-0.2, 0) is 11.2 Å². The molecule has 5 nitrogen and oxygen atoms in total. The van der Waals surface area contributed by atoms with Crippen molar-refractivity contribution in [1.82, 2.24) is 15.1 Å². The second kappa shape index (κ2) is 10.1. The molecular formula is C21H22Cl2FN3O2. The van der Waals surface area contributed by atoms with E-state index >= 15 is 0 Å². The van der Waals surface area contributed by atoms with Crippen LogP contribution in [0.2, 0.25) is 10.0 Å². The van der Waals surface area contributed by atoms with Gasteiger partial charge in [-0.25, -0.2) is 4.39 Å². The maximum atomic E-state index is 13.2. The number of hydrogen-bond acceptors (Lipinski definition) is 3. The highest BCUT2D eigenvalue weighted by Gasteiger charge is 2.24. The van der Waals surface area contributed by atoms with Crippen molar-refractivity contribution < 1.29 is 14.0 Å². The quantitative estimate of drug-likeness (QED) is 0.754. The van der Waals surface area contributed by atoms with Crippen LogP contribution < -0.4 is 5.32 Å². The zero-order valence-corrected chi connectivity index (χ0v) is 17.3. The first-order valence-electron chi connectivity index (χ1n) is 9.40. The van der Waals surface area contributed by atoms with Crippen LogP contribution in [-0.4, -0.2) is 60.9 Å². The molecule has 0 aliphatic carbocycles. The molecule has 0 radical (unpaired) electrons. The molecule has 0 saturated carbocycles. The van der Waals surface area contributed by atoms with Crippen molar-refractivity contribution in [1.29, 1.82) is 0 Å². The summed E-state index contributed by atoms with van der Waals surface area (Å²) >= 11 is 11.8. The number of hydrogen-bond donors (Lipinski definition) is 1. The van der Waals surface area contributed by atoms with Crippen LogP contribution >= 0.6 is 23.2 Å². The molecule has 1 heterocycles. The maximum absolute atomic E-state index is 13.2. The molecule has 1 saturated heterocycles. The van der Waals surface area contributed by atoms with E-state index in [0.29, 0.717) is 49.9 Å². The summed E-state index contributed by atoms with van der Waals surface area (Å²) in [5.41, 5.74) is 1.41. The minimum atomic E-state index is -0.474. The third kappa shape index (κ3) is 6.16. The van der Waals surface area contributed by atoms with E-state index < -0.39 is 5.82 Å². The number of rotatable bonds is 6. The van der Waals surface area contributed by atoms with Gasteiger partial charge in [-0.1, -0.05) is 35.3 Å². The number of nitrogens with zero attached hydrogens (tertiary/aromatic N) is 2. The Balaban J connectivity index is 1.40. The second-order valence-electron chi connectivity index (χ2n) is 6.92. The van der Waals surface area contributed by atoms with Crippen LogP contribution in [0.1, 0.15) is 15.9 Å². The first-order chi connectivity index (χ1) is 13.9. The Hall–Kier alpha value is -2.15. The van der Waals surface area contributed by atoms with Gasteiger partial charge in [-0.2, -0.15) is 0 Å². The van der Waals surface area contributed by atoms with Gasteiger partial charge in [-0.05, 0) is 42.3 Å². The first kappa shape index (κ1) is 21.6. The van der Waals surface area contributed by atoms with Gasteiger partial charge in [-0.15, -0.1) is 0 Å². The van der Waals surface area contributed by atoms with Crippen molar-refractivity contribution in [2.45, 2.75) is 6.42 Å². The highest BCUT2D eigenvalue weighted by Crippen LogP contribution is 2.20. The number of benzene rings is 2. The predicted molar refractivity (Wildman–Crippen MR) is 112 cm³/mol. The molecule has 1 N–H and O–H groups in total. The topological polar surface area (TPSA) is 52.7 Å². The van der Waals surface area contributed by atoms with Crippen molar-refractivity contribution in [3.8, 4) is 0 Å². The molecule has 3 rings (SSSR count). The van der Waals surface area contributed by atoms with Gasteiger partial charge in [0.05, 0.1) is 17.1 Å². The van der Waals surface area contributed by atoms with E-state index in [0.717, 1.165) is 18.1 Å². The Labute approximate surface area is 179 Å². The fraction of sp³-hybridized carbons (Fsp3) is 0.333. The number of piperazine rings is 1. The van der Waals surface area contributed by atoms with Crippen LogP contribution in [0, 0.1) is 5.82 Å². The minimum Gasteiger partial charge on any atom is -0.355 e. The van der Waals surface area contributed by atoms with E-state index in [1.807, 2.05) is 29.2 Å². The van der Waals surface area contributed by atoms with Crippen LogP contribution in [0.4, 0.5) is 4.39 Å². The number of nitrogens with one attached hydrogen (secondary N) is 1. The van der Waals surface area contributed by atoms with E-state index in [9.17, 15) is 14.0 Å². The lowest BCUT2D eigenvalue weighted by Gasteiger charge is -2.34. The zero-order chi connectivity index (χ0) is 20.8. The summed E-state index contributed by atoms with van der Waals surface area (Å²) < 4.78 is 13.2. The molecule has 1 aliphatic rings. The number of carbonyl (C=O) groups is 2. The number of halogens is 3. The Kier molecular flexibility index (Phi) is 7.47. The van der Waals surface area contributed by atoms with E-state index in [2.05, 4.69) is 5.32 Å². The molecule has 0 bridgehead atoms. The smallest absolute Gasteiger partial charge is 0.255 e. The van der Waals surface area contributed by atoms with Crippen LogP contribution in [0.3, 0.4) is 0 Å². The van der Waals surface area contributed by atoms with Gasteiger partial charge in [0.25, 0.3) is 5.91 Å². The summed E-state index contributed by atoms with van der Waals surface area (Å²) in [4.78, 5) is 28.4. The van der Waals surface area contributed by atoms with Gasteiger partial charge in [0.1, 0.15) is 5.82 Å². The van der Waals surface area contributed by atoms with Crippen LogP contribution in [0.25, 0.3) is 0 Å². The van der Waals surface area contributed by atoms with Crippen LogP contribution in [0.5, 0.6) is 0 Å². The number of amides is 2. The maximum Gasteiger partial charge on any atom is 0.255 e. The minimum absolute atomic E-state index is 0.0414.